The second-order valence-electron chi connectivity index (χ2n) is 5.69. The maximum absolute atomic E-state index is 8.69. The zero-order valence-corrected chi connectivity index (χ0v) is 12.1. The Morgan fingerprint density at radius 1 is 1.40 bits per heavy atom. The number of aromatic nitrogens is 2. The summed E-state index contributed by atoms with van der Waals surface area (Å²) in [4.78, 5) is 4.39. The molecular weight excluding hydrogens is 256 g/mol. The Bertz CT molecular complexity index is 616. The number of nitrogens with one attached hydrogen (secondary N) is 1. The van der Waals surface area contributed by atoms with Gasteiger partial charge in [-0.3, -0.25) is 5.32 Å². The van der Waals surface area contributed by atoms with Crippen LogP contribution in [0.4, 0.5) is 0 Å². The highest BCUT2D eigenvalue weighted by Gasteiger charge is 2.23. The van der Waals surface area contributed by atoms with Gasteiger partial charge in [-0.05, 0) is 19.1 Å². The number of furan rings is 1. The van der Waals surface area contributed by atoms with Crippen LogP contribution in [0.25, 0.3) is 0 Å². The fourth-order valence-corrected chi connectivity index (χ4v) is 1.59. The molecule has 0 spiro atoms. The fraction of sp³-hybridized carbons (Fsp3) is 0.500. The van der Waals surface area contributed by atoms with Crippen molar-refractivity contribution < 1.29 is 8.94 Å². The molecule has 1 N–H and O–H groups in total. The molecular formula is C14H18N4O2. The van der Waals surface area contributed by atoms with E-state index in [1.165, 1.54) is 0 Å². The van der Waals surface area contributed by atoms with Gasteiger partial charge in [0.1, 0.15) is 11.8 Å². The molecule has 0 fully saturated rings. The maximum Gasteiger partial charge on any atom is 0.243 e. The largest absolute Gasteiger partial charge is 0.449 e. The smallest absolute Gasteiger partial charge is 0.243 e. The molecule has 106 valence electrons. The van der Waals surface area contributed by atoms with E-state index in [0.29, 0.717) is 29.8 Å². The van der Waals surface area contributed by atoms with Crippen LogP contribution in [0.5, 0.6) is 0 Å². The van der Waals surface area contributed by atoms with Gasteiger partial charge in [-0.2, -0.15) is 10.2 Å². The third kappa shape index (κ3) is 3.25. The van der Waals surface area contributed by atoms with Gasteiger partial charge in [0.05, 0.1) is 12.6 Å². The average Bonchev–Trinajstić information content (AvgIpc) is 3.04. The molecule has 0 amide bonds. The lowest BCUT2D eigenvalue weighted by molar-refractivity contribution is 0.326. The highest BCUT2D eigenvalue weighted by atomic mass is 16.5. The predicted octanol–water partition coefficient (Wildman–Crippen LogP) is 2.68. The Hall–Kier alpha value is -2.13. The molecule has 20 heavy (non-hydrogen) atoms. The topological polar surface area (TPSA) is 87.9 Å². The monoisotopic (exact) mass is 274 g/mol. The first-order valence-corrected chi connectivity index (χ1v) is 6.46. The summed E-state index contributed by atoms with van der Waals surface area (Å²) in [5.74, 6) is 2.24. The minimum atomic E-state index is -0.135. The molecule has 0 saturated heterocycles. The van der Waals surface area contributed by atoms with Crippen molar-refractivity contribution in [2.45, 2.75) is 45.7 Å². The van der Waals surface area contributed by atoms with Crippen LogP contribution in [0.2, 0.25) is 0 Å². The summed E-state index contributed by atoms with van der Waals surface area (Å²) in [7, 11) is 0. The van der Waals surface area contributed by atoms with E-state index in [9.17, 15) is 0 Å². The predicted molar refractivity (Wildman–Crippen MR) is 71.7 cm³/mol. The molecule has 0 aromatic carbocycles. The molecule has 6 nitrogen and oxygen atoms in total. The van der Waals surface area contributed by atoms with E-state index < -0.39 is 0 Å². The third-order valence-electron chi connectivity index (χ3n) is 2.84. The molecule has 0 saturated carbocycles. The third-order valence-corrected chi connectivity index (χ3v) is 2.84. The van der Waals surface area contributed by atoms with E-state index in [0.717, 1.165) is 0 Å². The molecule has 1 atom stereocenters. The van der Waals surface area contributed by atoms with Gasteiger partial charge >= 0.3 is 0 Å². The Labute approximate surface area is 117 Å². The number of hydrogen-bond acceptors (Lipinski definition) is 6. The molecule has 0 bridgehead atoms. The summed E-state index contributed by atoms with van der Waals surface area (Å²) < 4.78 is 10.5. The molecule has 2 aromatic heterocycles. The van der Waals surface area contributed by atoms with Gasteiger partial charge < -0.3 is 8.94 Å². The second-order valence-corrected chi connectivity index (χ2v) is 5.69. The number of rotatable bonds is 4. The van der Waals surface area contributed by atoms with Crippen LogP contribution in [0, 0.1) is 11.3 Å². The zero-order valence-electron chi connectivity index (χ0n) is 12.1. The summed E-state index contributed by atoms with van der Waals surface area (Å²) in [5.41, 5.74) is -0.135. The molecule has 2 aromatic rings. The van der Waals surface area contributed by atoms with Crippen molar-refractivity contribution in [3.8, 4) is 6.07 Å². The van der Waals surface area contributed by atoms with E-state index in [1.807, 2.05) is 33.8 Å². The minimum Gasteiger partial charge on any atom is -0.449 e. The van der Waals surface area contributed by atoms with Crippen LogP contribution < -0.4 is 5.32 Å². The van der Waals surface area contributed by atoms with Crippen molar-refractivity contribution >= 4 is 0 Å². The SMILES string of the molecule is CC(NCc1ccc(C#N)o1)c1nc(C(C)(C)C)no1. The van der Waals surface area contributed by atoms with Gasteiger partial charge in [-0.15, -0.1) is 0 Å². The molecule has 1 unspecified atom stereocenters. The van der Waals surface area contributed by atoms with Gasteiger partial charge in [0, 0.05) is 5.41 Å². The Balaban J connectivity index is 1.96. The molecule has 0 aliphatic rings. The summed E-state index contributed by atoms with van der Waals surface area (Å²) in [6.45, 7) is 8.54. The van der Waals surface area contributed by atoms with E-state index in [2.05, 4.69) is 15.5 Å². The number of hydrogen-bond donors (Lipinski definition) is 1. The molecule has 2 heterocycles. The lowest BCUT2D eigenvalue weighted by Crippen LogP contribution is -2.19. The van der Waals surface area contributed by atoms with Crippen LogP contribution in [-0.2, 0) is 12.0 Å². The lowest BCUT2D eigenvalue weighted by Gasteiger charge is -2.11. The van der Waals surface area contributed by atoms with Gasteiger partial charge in [-0.25, -0.2) is 0 Å². The summed E-state index contributed by atoms with van der Waals surface area (Å²) in [6, 6.07) is 5.28. The van der Waals surface area contributed by atoms with E-state index >= 15 is 0 Å². The molecule has 6 heteroatoms. The van der Waals surface area contributed by atoms with Crippen LogP contribution in [-0.4, -0.2) is 10.1 Å². The van der Waals surface area contributed by atoms with Crippen molar-refractivity contribution in [1.82, 2.24) is 15.5 Å². The average molecular weight is 274 g/mol. The van der Waals surface area contributed by atoms with E-state index in [4.69, 9.17) is 14.2 Å². The normalized spacial score (nSPS) is 13.2. The Kier molecular flexibility index (Phi) is 3.91. The summed E-state index contributed by atoms with van der Waals surface area (Å²) in [6.07, 6.45) is 0. The van der Waals surface area contributed by atoms with Crippen LogP contribution >= 0.6 is 0 Å². The maximum atomic E-state index is 8.69. The van der Waals surface area contributed by atoms with E-state index in [1.54, 1.807) is 12.1 Å². The second kappa shape index (κ2) is 5.47. The first-order valence-electron chi connectivity index (χ1n) is 6.46. The Morgan fingerprint density at radius 2 is 2.15 bits per heavy atom. The summed E-state index contributed by atoms with van der Waals surface area (Å²) in [5, 5.41) is 15.9. The molecule has 0 aliphatic heterocycles. The standard InChI is InChI=1S/C14H18N4O2/c1-9(12-17-13(18-20-12)14(2,3)4)16-8-11-6-5-10(7-15)19-11/h5-6,9,16H,8H2,1-4H3. The van der Waals surface area contributed by atoms with Gasteiger partial charge in [0.15, 0.2) is 5.82 Å². The van der Waals surface area contributed by atoms with Crippen molar-refractivity contribution in [3.63, 3.8) is 0 Å². The zero-order chi connectivity index (χ0) is 14.8. The highest BCUT2D eigenvalue weighted by Crippen LogP contribution is 2.21. The van der Waals surface area contributed by atoms with Crippen LogP contribution in [0.3, 0.4) is 0 Å². The van der Waals surface area contributed by atoms with Crippen LogP contribution in [0.1, 0.15) is 57.0 Å². The lowest BCUT2D eigenvalue weighted by atomic mass is 9.96. The van der Waals surface area contributed by atoms with Gasteiger partial charge in [0.2, 0.25) is 11.7 Å². The first-order chi connectivity index (χ1) is 9.40. The van der Waals surface area contributed by atoms with Crippen LogP contribution in [0.15, 0.2) is 21.1 Å². The van der Waals surface area contributed by atoms with Gasteiger partial charge in [0.25, 0.3) is 0 Å². The number of nitriles is 1. The minimum absolute atomic E-state index is 0.0887. The van der Waals surface area contributed by atoms with Crippen molar-refractivity contribution in [1.29, 1.82) is 5.26 Å². The Morgan fingerprint density at radius 3 is 2.70 bits per heavy atom. The number of nitrogens with zero attached hydrogens (tertiary/aromatic N) is 3. The quantitative estimate of drug-likeness (QED) is 0.922. The summed E-state index contributed by atoms with van der Waals surface area (Å²) >= 11 is 0. The van der Waals surface area contributed by atoms with Crippen molar-refractivity contribution in [2.24, 2.45) is 0 Å². The van der Waals surface area contributed by atoms with Gasteiger partial charge in [-0.1, -0.05) is 25.9 Å². The fourth-order valence-electron chi connectivity index (χ4n) is 1.59. The van der Waals surface area contributed by atoms with Crippen molar-refractivity contribution in [2.75, 3.05) is 0 Å². The molecule has 0 aliphatic carbocycles. The first kappa shape index (κ1) is 14.3. The molecule has 0 radical (unpaired) electrons. The van der Waals surface area contributed by atoms with Crippen molar-refractivity contribution in [3.05, 3.63) is 35.4 Å². The highest BCUT2D eigenvalue weighted by molar-refractivity contribution is 5.19. The van der Waals surface area contributed by atoms with E-state index in [-0.39, 0.29) is 11.5 Å². The molecule has 2 rings (SSSR count).